The molecule has 1 atom stereocenters. The predicted octanol–water partition coefficient (Wildman–Crippen LogP) is -2.30. The van der Waals surface area contributed by atoms with E-state index in [-0.39, 0.29) is 9.63 Å². The van der Waals surface area contributed by atoms with Gasteiger partial charge >= 0.3 is 0 Å². The zero-order valence-electron chi connectivity index (χ0n) is 8.66. The number of hydrogen-bond donors (Lipinski definition) is 3. The lowest BCUT2D eigenvalue weighted by Gasteiger charge is -2.09. The molecule has 0 aliphatic carbocycles. The van der Waals surface area contributed by atoms with E-state index in [0.29, 0.717) is 0 Å². The number of aromatic nitrogens is 3. The van der Waals surface area contributed by atoms with Crippen LogP contribution in [0.2, 0.25) is 0 Å². The van der Waals surface area contributed by atoms with Crippen LogP contribution in [0.5, 0.6) is 0 Å². The number of carbonyl (C=O) groups is 1. The Morgan fingerprint density at radius 2 is 2.29 bits per heavy atom. The van der Waals surface area contributed by atoms with Gasteiger partial charge in [0.2, 0.25) is 10.9 Å². The molecule has 0 aromatic carbocycles. The first-order chi connectivity index (χ1) is 7.75. The topological polar surface area (TPSA) is 140 Å². The third kappa shape index (κ3) is 3.21. The molecule has 1 heterocycles. The molecule has 1 aromatic rings. The van der Waals surface area contributed by atoms with Gasteiger partial charge in [-0.3, -0.25) is 4.79 Å². The first-order valence-electron chi connectivity index (χ1n) is 4.28. The van der Waals surface area contributed by atoms with Crippen molar-refractivity contribution in [3.05, 3.63) is 4.60 Å². The van der Waals surface area contributed by atoms with Gasteiger partial charge in [0, 0.05) is 13.6 Å². The van der Waals surface area contributed by atoms with Crippen LogP contribution in [-0.2, 0) is 21.9 Å². The minimum atomic E-state index is -3.93. The predicted molar refractivity (Wildman–Crippen MR) is 59.1 cm³/mol. The van der Waals surface area contributed by atoms with Gasteiger partial charge in [-0.25, -0.2) is 17.8 Å². The Bertz CT molecular complexity index is 507. The molecule has 0 saturated carbocycles. The molecule has 4 N–H and O–H groups in total. The van der Waals surface area contributed by atoms with Crippen LogP contribution >= 0.6 is 15.9 Å². The number of halogens is 1. The van der Waals surface area contributed by atoms with Crippen molar-refractivity contribution in [2.75, 3.05) is 6.54 Å². The lowest BCUT2D eigenvalue weighted by molar-refractivity contribution is -0.125. The Labute approximate surface area is 105 Å². The second-order valence-corrected chi connectivity index (χ2v) is 5.51. The van der Waals surface area contributed by atoms with E-state index in [2.05, 4.69) is 26.2 Å². The van der Waals surface area contributed by atoms with Crippen molar-refractivity contribution >= 4 is 31.9 Å². The van der Waals surface area contributed by atoms with E-state index in [4.69, 9.17) is 10.8 Å². The Morgan fingerprint density at radius 1 is 1.71 bits per heavy atom. The van der Waals surface area contributed by atoms with Crippen molar-refractivity contribution in [2.24, 2.45) is 12.8 Å². The molecule has 1 unspecified atom stereocenters. The summed E-state index contributed by atoms with van der Waals surface area (Å²) >= 11 is 2.92. The number of nitrogens with one attached hydrogen (secondary N) is 1. The zero-order valence-corrected chi connectivity index (χ0v) is 11.1. The maximum atomic E-state index is 11.8. The fraction of sp³-hybridized carbons (Fsp3) is 0.500. The summed E-state index contributed by atoms with van der Waals surface area (Å²) in [5.74, 6) is -1.02. The van der Waals surface area contributed by atoms with E-state index in [0.717, 1.165) is 4.68 Å². The van der Waals surface area contributed by atoms with E-state index in [9.17, 15) is 13.2 Å². The highest BCUT2D eigenvalue weighted by Crippen LogP contribution is 2.17. The normalized spacial score (nSPS) is 13.6. The average molecular weight is 328 g/mol. The lowest BCUT2D eigenvalue weighted by Crippen LogP contribution is -2.40. The molecule has 0 bridgehead atoms. The molecule has 1 rings (SSSR count). The number of nitrogens with two attached hydrogens (primary N) is 1. The van der Waals surface area contributed by atoms with Crippen molar-refractivity contribution in [2.45, 2.75) is 11.1 Å². The summed E-state index contributed by atoms with van der Waals surface area (Å²) in [7, 11) is -2.55. The number of primary amides is 1. The molecule has 0 spiro atoms. The van der Waals surface area contributed by atoms with Crippen LogP contribution in [0.3, 0.4) is 0 Å². The summed E-state index contributed by atoms with van der Waals surface area (Å²) in [5, 5.41) is 15.9. The molecule has 0 radical (unpaired) electrons. The molecule has 1 amide bonds. The van der Waals surface area contributed by atoms with E-state index in [1.807, 2.05) is 4.72 Å². The van der Waals surface area contributed by atoms with Gasteiger partial charge in [-0.05, 0) is 15.9 Å². The van der Waals surface area contributed by atoms with Crippen LogP contribution in [-0.4, -0.2) is 47.1 Å². The Hall–Kier alpha value is -1.04. The van der Waals surface area contributed by atoms with E-state index >= 15 is 0 Å². The van der Waals surface area contributed by atoms with Crippen LogP contribution in [0.15, 0.2) is 9.63 Å². The molecule has 0 aliphatic rings. The molecular weight excluding hydrogens is 318 g/mol. The fourth-order valence-corrected chi connectivity index (χ4v) is 3.09. The quantitative estimate of drug-likeness (QED) is 0.555. The minimum Gasteiger partial charge on any atom is -0.382 e. The molecule has 0 saturated heterocycles. The SMILES string of the molecule is Cn1nnc(Br)c1S(=O)(=O)NCC(O)C(N)=O. The van der Waals surface area contributed by atoms with E-state index < -0.39 is 28.6 Å². The summed E-state index contributed by atoms with van der Waals surface area (Å²) in [6.07, 6.45) is -1.59. The number of sulfonamides is 1. The number of hydrogen-bond acceptors (Lipinski definition) is 6. The molecule has 1 aromatic heterocycles. The van der Waals surface area contributed by atoms with Gasteiger partial charge in [0.15, 0.2) is 4.60 Å². The van der Waals surface area contributed by atoms with Crippen molar-refractivity contribution < 1.29 is 18.3 Å². The van der Waals surface area contributed by atoms with Gasteiger partial charge in [-0.15, -0.1) is 5.10 Å². The van der Waals surface area contributed by atoms with Crippen LogP contribution in [0.1, 0.15) is 0 Å². The van der Waals surface area contributed by atoms with Crippen LogP contribution in [0.25, 0.3) is 0 Å². The van der Waals surface area contributed by atoms with Gasteiger partial charge in [0.1, 0.15) is 6.10 Å². The van der Waals surface area contributed by atoms with Gasteiger partial charge in [-0.2, -0.15) is 0 Å². The van der Waals surface area contributed by atoms with Crippen molar-refractivity contribution in [3.63, 3.8) is 0 Å². The zero-order chi connectivity index (χ0) is 13.2. The molecule has 0 aliphatic heterocycles. The van der Waals surface area contributed by atoms with Crippen molar-refractivity contribution in [3.8, 4) is 0 Å². The van der Waals surface area contributed by atoms with Crippen molar-refractivity contribution in [1.82, 2.24) is 19.7 Å². The van der Waals surface area contributed by atoms with Crippen LogP contribution in [0, 0.1) is 0 Å². The Balaban J connectivity index is 2.87. The van der Waals surface area contributed by atoms with Gasteiger partial charge in [0.05, 0.1) is 0 Å². The van der Waals surface area contributed by atoms with Crippen LogP contribution < -0.4 is 10.5 Å². The number of aliphatic hydroxyl groups excluding tert-OH is 1. The third-order valence-electron chi connectivity index (χ3n) is 1.79. The van der Waals surface area contributed by atoms with E-state index in [1.54, 1.807) is 0 Å². The molecule has 9 nitrogen and oxygen atoms in total. The number of aryl methyl sites for hydroxylation is 1. The number of aliphatic hydroxyl groups is 1. The molecule has 0 fully saturated rings. The van der Waals surface area contributed by atoms with Crippen LogP contribution in [0.4, 0.5) is 0 Å². The summed E-state index contributed by atoms with van der Waals surface area (Å²) in [5.41, 5.74) is 4.78. The number of carbonyl (C=O) groups excluding carboxylic acids is 1. The highest BCUT2D eigenvalue weighted by atomic mass is 79.9. The van der Waals surface area contributed by atoms with Gasteiger partial charge in [-0.1, -0.05) is 5.21 Å². The second-order valence-electron chi connectivity index (χ2n) is 3.08. The smallest absolute Gasteiger partial charge is 0.260 e. The van der Waals surface area contributed by atoms with Crippen molar-refractivity contribution in [1.29, 1.82) is 0 Å². The van der Waals surface area contributed by atoms with Gasteiger partial charge in [0.25, 0.3) is 10.0 Å². The number of rotatable bonds is 5. The summed E-state index contributed by atoms with van der Waals surface area (Å²) < 4.78 is 26.6. The number of nitrogens with zero attached hydrogens (tertiary/aromatic N) is 3. The Morgan fingerprint density at radius 3 is 2.71 bits per heavy atom. The minimum absolute atomic E-state index is 0.0288. The fourth-order valence-electron chi connectivity index (χ4n) is 0.966. The first-order valence-corrected chi connectivity index (χ1v) is 6.55. The standard InChI is InChI=1S/C6H10BrN5O4S/c1-12-6(4(7)10-11-12)17(15,16)9-2-3(13)5(8)14/h3,9,13H,2H2,1H3,(H2,8,14). The first kappa shape index (κ1) is 14.0. The molecular formula is C6H10BrN5O4S. The largest absolute Gasteiger partial charge is 0.382 e. The summed E-state index contributed by atoms with van der Waals surface area (Å²) in [6.45, 7) is -0.519. The highest BCUT2D eigenvalue weighted by Gasteiger charge is 2.25. The molecule has 96 valence electrons. The third-order valence-corrected chi connectivity index (χ3v) is 4.10. The molecule has 11 heteroatoms. The second kappa shape index (κ2) is 5.08. The highest BCUT2D eigenvalue weighted by molar-refractivity contribution is 9.10. The Kier molecular flexibility index (Phi) is 4.19. The van der Waals surface area contributed by atoms with E-state index in [1.165, 1.54) is 7.05 Å². The summed E-state index contributed by atoms with van der Waals surface area (Å²) in [4.78, 5) is 10.5. The monoisotopic (exact) mass is 327 g/mol. The summed E-state index contributed by atoms with van der Waals surface area (Å²) in [6, 6.07) is 0. The average Bonchev–Trinajstić information content (AvgIpc) is 2.55. The van der Waals surface area contributed by atoms with Gasteiger partial charge < -0.3 is 10.8 Å². The molecule has 17 heavy (non-hydrogen) atoms. The number of amides is 1. The maximum absolute atomic E-state index is 11.8. The maximum Gasteiger partial charge on any atom is 0.260 e. The lowest BCUT2D eigenvalue weighted by atomic mass is 10.3.